The van der Waals surface area contributed by atoms with Crippen LogP contribution >= 0.6 is 0 Å². The molecule has 0 aromatic rings. The van der Waals surface area contributed by atoms with E-state index in [-0.39, 0.29) is 12.5 Å². The van der Waals surface area contributed by atoms with E-state index in [4.69, 9.17) is 5.11 Å². The van der Waals surface area contributed by atoms with Crippen LogP contribution < -0.4 is 0 Å². The minimum Gasteiger partial charge on any atom is -0.396 e. The van der Waals surface area contributed by atoms with Crippen molar-refractivity contribution in [3.63, 3.8) is 0 Å². The SMILES string of the molecule is CN(CCCCCO)C(=O)C1(C#N)CCCCC1. The first-order chi connectivity index (χ1) is 8.66. The second-order valence-electron chi connectivity index (χ2n) is 5.27. The molecule has 0 radical (unpaired) electrons. The summed E-state index contributed by atoms with van der Waals surface area (Å²) < 4.78 is 0. The van der Waals surface area contributed by atoms with Gasteiger partial charge in [0, 0.05) is 20.2 Å². The third-order valence-corrected chi connectivity index (χ3v) is 3.83. The molecule has 1 aliphatic carbocycles. The average molecular weight is 252 g/mol. The zero-order valence-corrected chi connectivity index (χ0v) is 11.3. The van der Waals surface area contributed by atoms with Gasteiger partial charge in [-0.25, -0.2) is 0 Å². The lowest BCUT2D eigenvalue weighted by molar-refractivity contribution is -0.139. The van der Waals surface area contributed by atoms with Crippen LogP contribution in [0, 0.1) is 16.7 Å². The number of hydrogen-bond donors (Lipinski definition) is 1. The van der Waals surface area contributed by atoms with Crippen molar-refractivity contribution in [1.29, 1.82) is 5.26 Å². The lowest BCUT2D eigenvalue weighted by atomic mass is 9.74. The molecule has 0 heterocycles. The van der Waals surface area contributed by atoms with Crippen LogP contribution in [0.25, 0.3) is 0 Å². The number of aliphatic hydroxyl groups excluding tert-OH is 1. The summed E-state index contributed by atoms with van der Waals surface area (Å²) in [5.74, 6) is -0.00583. The molecule has 1 amide bonds. The van der Waals surface area contributed by atoms with Gasteiger partial charge in [0.05, 0.1) is 6.07 Å². The molecule has 0 atom stereocenters. The molecule has 4 nitrogen and oxygen atoms in total. The van der Waals surface area contributed by atoms with Crippen molar-refractivity contribution >= 4 is 5.91 Å². The van der Waals surface area contributed by atoms with Gasteiger partial charge in [-0.2, -0.15) is 5.26 Å². The molecule has 0 aromatic heterocycles. The van der Waals surface area contributed by atoms with Gasteiger partial charge >= 0.3 is 0 Å². The highest BCUT2D eigenvalue weighted by atomic mass is 16.2. The van der Waals surface area contributed by atoms with E-state index in [2.05, 4.69) is 6.07 Å². The zero-order chi connectivity index (χ0) is 13.4. The van der Waals surface area contributed by atoms with Crippen molar-refractivity contribution in [3.05, 3.63) is 0 Å². The number of hydrogen-bond acceptors (Lipinski definition) is 3. The van der Waals surface area contributed by atoms with Crippen LogP contribution in [0.5, 0.6) is 0 Å². The number of rotatable bonds is 6. The van der Waals surface area contributed by atoms with E-state index in [1.54, 1.807) is 11.9 Å². The van der Waals surface area contributed by atoms with Crippen molar-refractivity contribution in [2.45, 2.75) is 51.4 Å². The highest BCUT2D eigenvalue weighted by Crippen LogP contribution is 2.37. The Balaban J connectivity index is 2.48. The largest absolute Gasteiger partial charge is 0.396 e. The van der Waals surface area contributed by atoms with Gasteiger partial charge in [-0.1, -0.05) is 19.3 Å². The summed E-state index contributed by atoms with van der Waals surface area (Å²) >= 11 is 0. The Morgan fingerprint density at radius 3 is 2.50 bits per heavy atom. The second-order valence-corrected chi connectivity index (χ2v) is 5.27. The minimum atomic E-state index is -0.760. The van der Waals surface area contributed by atoms with Gasteiger partial charge in [-0.15, -0.1) is 0 Å². The van der Waals surface area contributed by atoms with E-state index in [0.29, 0.717) is 19.4 Å². The van der Waals surface area contributed by atoms with E-state index in [1.165, 1.54) is 0 Å². The molecule has 0 bridgehead atoms. The van der Waals surface area contributed by atoms with E-state index in [0.717, 1.165) is 38.5 Å². The van der Waals surface area contributed by atoms with Crippen LogP contribution in [0.3, 0.4) is 0 Å². The molecule has 0 saturated heterocycles. The maximum Gasteiger partial charge on any atom is 0.242 e. The summed E-state index contributed by atoms with van der Waals surface area (Å²) in [7, 11) is 1.79. The van der Waals surface area contributed by atoms with E-state index in [1.807, 2.05) is 0 Å². The molecule has 18 heavy (non-hydrogen) atoms. The molecule has 0 unspecified atom stereocenters. The maximum absolute atomic E-state index is 12.4. The fourth-order valence-electron chi connectivity index (χ4n) is 2.63. The Morgan fingerprint density at radius 2 is 1.94 bits per heavy atom. The van der Waals surface area contributed by atoms with E-state index >= 15 is 0 Å². The average Bonchev–Trinajstić information content (AvgIpc) is 2.43. The monoisotopic (exact) mass is 252 g/mol. The number of amides is 1. The molecule has 1 rings (SSSR count). The van der Waals surface area contributed by atoms with E-state index in [9.17, 15) is 10.1 Å². The first kappa shape index (κ1) is 15.0. The number of nitrogens with zero attached hydrogens (tertiary/aromatic N) is 2. The summed E-state index contributed by atoms with van der Waals surface area (Å²) in [6, 6.07) is 2.27. The Morgan fingerprint density at radius 1 is 1.28 bits per heavy atom. The molecule has 1 saturated carbocycles. The predicted octanol–water partition coefficient (Wildman–Crippen LogP) is 2.08. The first-order valence-electron chi connectivity index (χ1n) is 6.94. The molecular weight excluding hydrogens is 228 g/mol. The number of aliphatic hydroxyl groups is 1. The minimum absolute atomic E-state index is 0.00583. The molecular formula is C14H24N2O2. The third-order valence-electron chi connectivity index (χ3n) is 3.83. The summed E-state index contributed by atoms with van der Waals surface area (Å²) in [4.78, 5) is 14.1. The van der Waals surface area contributed by atoms with E-state index < -0.39 is 5.41 Å². The van der Waals surface area contributed by atoms with Crippen molar-refractivity contribution in [2.75, 3.05) is 20.2 Å². The normalized spacial score (nSPS) is 18.1. The van der Waals surface area contributed by atoms with Gasteiger partial charge < -0.3 is 10.0 Å². The van der Waals surface area contributed by atoms with Crippen LogP contribution in [-0.2, 0) is 4.79 Å². The third kappa shape index (κ3) is 3.71. The van der Waals surface area contributed by atoms with Gasteiger partial charge in [0.25, 0.3) is 0 Å². The van der Waals surface area contributed by atoms with Gasteiger partial charge in [0.1, 0.15) is 5.41 Å². The molecule has 1 N–H and O–H groups in total. The number of nitriles is 1. The molecule has 4 heteroatoms. The van der Waals surface area contributed by atoms with Gasteiger partial charge in [0.15, 0.2) is 0 Å². The Kier molecular flexibility index (Phi) is 6.14. The van der Waals surface area contributed by atoms with Crippen molar-refractivity contribution in [3.8, 4) is 6.07 Å². The lowest BCUT2D eigenvalue weighted by Crippen LogP contribution is -2.42. The van der Waals surface area contributed by atoms with Gasteiger partial charge in [0.2, 0.25) is 5.91 Å². The van der Waals surface area contributed by atoms with Crippen LogP contribution in [0.2, 0.25) is 0 Å². The molecule has 1 aliphatic rings. The van der Waals surface area contributed by atoms with Gasteiger partial charge in [-0.3, -0.25) is 4.79 Å². The summed E-state index contributed by atoms with van der Waals surface area (Å²) in [6.07, 6.45) is 7.13. The highest BCUT2D eigenvalue weighted by Gasteiger charge is 2.41. The van der Waals surface area contributed by atoms with Crippen LogP contribution in [0.1, 0.15) is 51.4 Å². The first-order valence-corrected chi connectivity index (χ1v) is 6.94. The van der Waals surface area contributed by atoms with Crippen LogP contribution in [0.15, 0.2) is 0 Å². The Hall–Kier alpha value is -1.08. The van der Waals surface area contributed by atoms with Crippen molar-refractivity contribution in [2.24, 2.45) is 5.41 Å². The molecule has 0 aliphatic heterocycles. The fraction of sp³-hybridized carbons (Fsp3) is 0.857. The quantitative estimate of drug-likeness (QED) is 0.736. The Bertz CT molecular complexity index is 303. The number of carbonyl (C=O) groups excluding carboxylic acids is 1. The maximum atomic E-state index is 12.4. The highest BCUT2D eigenvalue weighted by molar-refractivity contribution is 5.85. The zero-order valence-electron chi connectivity index (χ0n) is 11.3. The summed E-state index contributed by atoms with van der Waals surface area (Å²) in [6.45, 7) is 0.891. The lowest BCUT2D eigenvalue weighted by Gasteiger charge is -2.33. The number of unbranched alkanes of at least 4 members (excludes halogenated alkanes) is 2. The topological polar surface area (TPSA) is 64.3 Å². The summed E-state index contributed by atoms with van der Waals surface area (Å²) in [5.41, 5.74) is -0.760. The predicted molar refractivity (Wildman–Crippen MR) is 69.7 cm³/mol. The smallest absolute Gasteiger partial charge is 0.242 e. The molecule has 1 fully saturated rings. The van der Waals surface area contributed by atoms with Gasteiger partial charge in [-0.05, 0) is 32.1 Å². The Labute approximate surface area is 110 Å². The standard InChI is InChI=1S/C14H24N2O2/c1-16(10-6-3-7-11-17)13(18)14(12-15)8-4-2-5-9-14/h17H,2-11H2,1H3. The summed E-state index contributed by atoms with van der Waals surface area (Å²) in [5, 5.41) is 18.0. The second kappa shape index (κ2) is 7.38. The molecule has 102 valence electrons. The van der Waals surface area contributed by atoms with Crippen LogP contribution in [-0.4, -0.2) is 36.1 Å². The fourth-order valence-corrected chi connectivity index (χ4v) is 2.63. The van der Waals surface area contributed by atoms with Crippen LogP contribution in [0.4, 0.5) is 0 Å². The molecule has 0 aromatic carbocycles. The van der Waals surface area contributed by atoms with Crippen molar-refractivity contribution in [1.82, 2.24) is 4.90 Å². The number of carbonyl (C=O) groups is 1. The van der Waals surface area contributed by atoms with Crippen molar-refractivity contribution < 1.29 is 9.90 Å². The molecule has 0 spiro atoms.